The Labute approximate surface area is 124 Å². The van der Waals surface area contributed by atoms with Crippen LogP contribution in [-0.2, 0) is 4.79 Å². The molecule has 2 aromatic rings. The van der Waals surface area contributed by atoms with Gasteiger partial charge in [0.1, 0.15) is 6.20 Å². The molecule has 0 saturated carbocycles. The standard InChI is InChI=1S/C12H11ClN4O2S/c1-7-4-8(13)2-3-9(7)15-11(19)6-20-12-16-10(18)5-14-17-12/h2-5H,6H2,1H3,(H,15,19)(H,16,17,18). The molecular formula is C12H11ClN4O2S. The van der Waals surface area contributed by atoms with Crippen molar-refractivity contribution in [2.24, 2.45) is 0 Å². The van der Waals surface area contributed by atoms with Crippen molar-refractivity contribution in [1.29, 1.82) is 0 Å². The van der Waals surface area contributed by atoms with Gasteiger partial charge in [0.15, 0.2) is 5.16 Å². The fraction of sp³-hybridized carbons (Fsp3) is 0.167. The SMILES string of the molecule is Cc1cc(Cl)ccc1NC(=O)CSc1nncc(=O)[nH]1. The van der Waals surface area contributed by atoms with Crippen molar-refractivity contribution < 1.29 is 4.79 Å². The Morgan fingerprint density at radius 3 is 3.00 bits per heavy atom. The highest BCUT2D eigenvalue weighted by Crippen LogP contribution is 2.20. The van der Waals surface area contributed by atoms with E-state index in [2.05, 4.69) is 20.5 Å². The molecule has 0 aliphatic heterocycles. The van der Waals surface area contributed by atoms with E-state index in [9.17, 15) is 9.59 Å². The van der Waals surface area contributed by atoms with Gasteiger partial charge in [-0.2, -0.15) is 5.10 Å². The molecule has 0 unspecified atom stereocenters. The van der Waals surface area contributed by atoms with Crippen molar-refractivity contribution in [2.45, 2.75) is 12.1 Å². The number of H-pyrrole nitrogens is 1. The number of aromatic nitrogens is 3. The molecule has 2 N–H and O–H groups in total. The van der Waals surface area contributed by atoms with Gasteiger partial charge in [0.25, 0.3) is 5.56 Å². The first-order valence-corrected chi connectivity index (χ1v) is 7.02. The lowest BCUT2D eigenvalue weighted by Gasteiger charge is -2.08. The molecule has 0 fully saturated rings. The lowest BCUT2D eigenvalue weighted by molar-refractivity contribution is -0.113. The third kappa shape index (κ3) is 4.07. The maximum absolute atomic E-state index is 11.8. The van der Waals surface area contributed by atoms with Gasteiger partial charge in [-0.15, -0.1) is 5.10 Å². The van der Waals surface area contributed by atoms with Crippen LogP contribution in [0.1, 0.15) is 5.56 Å². The maximum Gasteiger partial charge on any atom is 0.270 e. The van der Waals surface area contributed by atoms with E-state index in [0.717, 1.165) is 23.5 Å². The van der Waals surface area contributed by atoms with Crippen molar-refractivity contribution >= 4 is 35.0 Å². The summed E-state index contributed by atoms with van der Waals surface area (Å²) in [6.45, 7) is 1.86. The van der Waals surface area contributed by atoms with E-state index in [1.165, 1.54) is 0 Å². The van der Waals surface area contributed by atoms with Crippen LogP contribution in [0.4, 0.5) is 5.69 Å². The topological polar surface area (TPSA) is 87.7 Å². The van der Waals surface area contributed by atoms with Gasteiger partial charge in [0.2, 0.25) is 5.91 Å². The molecule has 0 saturated heterocycles. The van der Waals surface area contributed by atoms with E-state index in [1.807, 2.05) is 6.92 Å². The number of aromatic amines is 1. The Bertz CT molecular complexity index is 689. The van der Waals surface area contributed by atoms with Gasteiger partial charge in [-0.3, -0.25) is 14.6 Å². The number of halogens is 1. The summed E-state index contributed by atoms with van der Waals surface area (Å²) in [4.78, 5) is 25.3. The second-order valence-corrected chi connectivity index (χ2v) is 5.34. The lowest BCUT2D eigenvalue weighted by Crippen LogP contribution is -2.16. The number of aryl methyl sites for hydroxylation is 1. The zero-order chi connectivity index (χ0) is 14.5. The van der Waals surface area contributed by atoms with Gasteiger partial charge in [0, 0.05) is 10.7 Å². The highest BCUT2D eigenvalue weighted by Gasteiger charge is 2.07. The van der Waals surface area contributed by atoms with Gasteiger partial charge >= 0.3 is 0 Å². The molecule has 1 aromatic heterocycles. The molecule has 104 valence electrons. The zero-order valence-corrected chi connectivity index (χ0v) is 12.1. The third-order valence-electron chi connectivity index (χ3n) is 2.36. The fourth-order valence-corrected chi connectivity index (χ4v) is 2.29. The number of rotatable bonds is 4. The number of nitrogens with zero attached hydrogens (tertiary/aromatic N) is 2. The van der Waals surface area contributed by atoms with E-state index in [0.29, 0.717) is 15.9 Å². The summed E-state index contributed by atoms with van der Waals surface area (Å²) in [5.41, 5.74) is 1.23. The molecule has 0 atom stereocenters. The van der Waals surface area contributed by atoms with Crippen LogP contribution in [0.15, 0.2) is 34.3 Å². The molecule has 0 bridgehead atoms. The minimum Gasteiger partial charge on any atom is -0.325 e. The van der Waals surface area contributed by atoms with Crippen LogP contribution in [0.25, 0.3) is 0 Å². The van der Waals surface area contributed by atoms with Crippen LogP contribution in [-0.4, -0.2) is 26.8 Å². The number of thioether (sulfide) groups is 1. The first-order chi connectivity index (χ1) is 9.54. The summed E-state index contributed by atoms with van der Waals surface area (Å²) in [6, 6.07) is 5.21. The summed E-state index contributed by atoms with van der Waals surface area (Å²) in [6.07, 6.45) is 1.07. The van der Waals surface area contributed by atoms with Crippen LogP contribution >= 0.6 is 23.4 Å². The highest BCUT2D eigenvalue weighted by atomic mass is 35.5. The largest absolute Gasteiger partial charge is 0.325 e. The van der Waals surface area contributed by atoms with Gasteiger partial charge < -0.3 is 5.32 Å². The van der Waals surface area contributed by atoms with E-state index in [4.69, 9.17) is 11.6 Å². The van der Waals surface area contributed by atoms with E-state index >= 15 is 0 Å². The number of hydrogen-bond donors (Lipinski definition) is 2. The first-order valence-electron chi connectivity index (χ1n) is 5.65. The van der Waals surface area contributed by atoms with E-state index < -0.39 is 0 Å². The van der Waals surface area contributed by atoms with Gasteiger partial charge in [-0.25, -0.2) is 0 Å². The molecule has 0 aliphatic carbocycles. The third-order valence-corrected chi connectivity index (χ3v) is 3.45. The van der Waals surface area contributed by atoms with Gasteiger partial charge in [-0.05, 0) is 30.7 Å². The molecule has 0 spiro atoms. The molecule has 1 amide bonds. The van der Waals surface area contributed by atoms with Gasteiger partial charge in [-0.1, -0.05) is 23.4 Å². The molecule has 1 heterocycles. The summed E-state index contributed by atoms with van der Waals surface area (Å²) < 4.78 is 0. The number of hydrogen-bond acceptors (Lipinski definition) is 5. The fourth-order valence-electron chi connectivity index (χ4n) is 1.45. The lowest BCUT2D eigenvalue weighted by atomic mass is 10.2. The summed E-state index contributed by atoms with van der Waals surface area (Å²) >= 11 is 6.95. The van der Waals surface area contributed by atoms with Crippen LogP contribution in [0.3, 0.4) is 0 Å². The van der Waals surface area contributed by atoms with Crippen LogP contribution in [0, 0.1) is 6.92 Å². The molecule has 0 aliphatic rings. The molecule has 2 rings (SSSR count). The zero-order valence-electron chi connectivity index (χ0n) is 10.5. The van der Waals surface area contributed by atoms with Crippen LogP contribution in [0.2, 0.25) is 5.02 Å². The minimum atomic E-state index is -0.351. The highest BCUT2D eigenvalue weighted by molar-refractivity contribution is 7.99. The molecule has 6 nitrogen and oxygen atoms in total. The van der Waals surface area contributed by atoms with Gasteiger partial charge in [0.05, 0.1) is 5.75 Å². The number of carbonyl (C=O) groups is 1. The number of anilines is 1. The smallest absolute Gasteiger partial charge is 0.270 e. The first kappa shape index (κ1) is 14.5. The summed E-state index contributed by atoms with van der Waals surface area (Å²) in [5, 5.41) is 10.9. The quantitative estimate of drug-likeness (QED) is 0.842. The maximum atomic E-state index is 11.8. The number of benzene rings is 1. The van der Waals surface area contributed by atoms with E-state index in [-0.39, 0.29) is 17.2 Å². The van der Waals surface area contributed by atoms with Crippen LogP contribution < -0.4 is 10.9 Å². The Kier molecular flexibility index (Phi) is 4.75. The molecule has 20 heavy (non-hydrogen) atoms. The summed E-state index contributed by atoms with van der Waals surface area (Å²) in [5.74, 6) is -0.0802. The minimum absolute atomic E-state index is 0.122. The predicted octanol–water partition coefficient (Wildman–Crippen LogP) is 1.86. The van der Waals surface area contributed by atoms with E-state index in [1.54, 1.807) is 18.2 Å². The number of nitrogens with one attached hydrogen (secondary N) is 2. The normalized spacial score (nSPS) is 10.3. The average molecular weight is 311 g/mol. The van der Waals surface area contributed by atoms with Crippen molar-refractivity contribution in [3.63, 3.8) is 0 Å². The monoisotopic (exact) mass is 310 g/mol. The molecule has 0 radical (unpaired) electrons. The molecule has 1 aromatic carbocycles. The Balaban J connectivity index is 1.94. The predicted molar refractivity (Wildman–Crippen MR) is 78.2 cm³/mol. The Morgan fingerprint density at radius 2 is 2.30 bits per heavy atom. The Morgan fingerprint density at radius 1 is 1.50 bits per heavy atom. The van der Waals surface area contributed by atoms with Crippen molar-refractivity contribution in [1.82, 2.24) is 15.2 Å². The molecular weight excluding hydrogens is 300 g/mol. The van der Waals surface area contributed by atoms with Crippen molar-refractivity contribution in [2.75, 3.05) is 11.1 Å². The second-order valence-electron chi connectivity index (χ2n) is 3.94. The van der Waals surface area contributed by atoms with Crippen molar-refractivity contribution in [3.8, 4) is 0 Å². The van der Waals surface area contributed by atoms with Crippen LogP contribution in [0.5, 0.6) is 0 Å². The number of amides is 1. The van der Waals surface area contributed by atoms with Crippen molar-refractivity contribution in [3.05, 3.63) is 45.3 Å². The second kappa shape index (κ2) is 6.53. The average Bonchev–Trinajstić information content (AvgIpc) is 2.40. The molecule has 8 heteroatoms. The Hall–Kier alpha value is -1.86. The number of carbonyl (C=O) groups excluding carboxylic acids is 1. The summed E-state index contributed by atoms with van der Waals surface area (Å²) in [7, 11) is 0.